The number of rotatable bonds is 2. The van der Waals surface area contributed by atoms with Gasteiger partial charge in [0, 0.05) is 41.4 Å². The minimum absolute atomic E-state index is 0.753. The molecule has 1 aliphatic heterocycles. The highest BCUT2D eigenvalue weighted by atomic mass is 35.5. The van der Waals surface area contributed by atoms with Gasteiger partial charge in [0.1, 0.15) is 5.82 Å². The van der Waals surface area contributed by atoms with E-state index in [1.165, 1.54) is 5.69 Å². The second-order valence-electron chi connectivity index (χ2n) is 4.63. The number of nitrogens with one attached hydrogen (secondary N) is 2. The second-order valence-corrected chi connectivity index (χ2v) is 5.06. The summed E-state index contributed by atoms with van der Waals surface area (Å²) in [6.45, 7) is 3.09. The summed E-state index contributed by atoms with van der Waals surface area (Å²) >= 11 is 6.10. The normalized spacial score (nSPS) is 13.4. The summed E-state index contributed by atoms with van der Waals surface area (Å²) in [6, 6.07) is 5.93. The maximum absolute atomic E-state index is 6.10. The van der Waals surface area contributed by atoms with Crippen LogP contribution in [0.25, 0.3) is 11.3 Å². The number of aromatic amines is 1. The topological polar surface area (TPSA) is 40.7 Å². The molecular formula is C14H16ClN3. The third-order valence-electron chi connectivity index (χ3n) is 3.24. The molecule has 1 aromatic carbocycles. The lowest BCUT2D eigenvalue weighted by atomic mass is 10.1. The zero-order valence-corrected chi connectivity index (χ0v) is 11.1. The van der Waals surface area contributed by atoms with E-state index in [0.29, 0.717) is 0 Å². The maximum atomic E-state index is 6.10. The smallest absolute Gasteiger partial charge is 0.106 e. The van der Waals surface area contributed by atoms with Gasteiger partial charge in [-0.3, -0.25) is 0 Å². The Morgan fingerprint density at radius 1 is 1.39 bits per heavy atom. The number of hydrogen-bond acceptors (Lipinski definition) is 2. The van der Waals surface area contributed by atoms with Crippen molar-refractivity contribution < 1.29 is 0 Å². The molecule has 2 aromatic rings. The molecule has 1 aromatic heterocycles. The van der Waals surface area contributed by atoms with Gasteiger partial charge >= 0.3 is 0 Å². The predicted molar refractivity (Wildman–Crippen MR) is 75.2 cm³/mol. The first-order valence-corrected chi connectivity index (χ1v) is 6.77. The molecule has 0 spiro atoms. The standard InChI is InChI=1S/C14H16ClN3/c1-2-3-13-17-12-6-7-16-11-5-4-9(15)8-10(11)14(12)18-13/h4-5,8,16H,2-3,6-7H2,1H3,(H,17,18). The Labute approximate surface area is 112 Å². The van der Waals surface area contributed by atoms with Crippen LogP contribution in [0.5, 0.6) is 0 Å². The molecule has 3 rings (SSSR count). The molecule has 0 atom stereocenters. The van der Waals surface area contributed by atoms with Crippen LogP contribution in [0.15, 0.2) is 18.2 Å². The van der Waals surface area contributed by atoms with Crippen molar-refractivity contribution in [3.05, 3.63) is 34.7 Å². The Kier molecular flexibility index (Phi) is 3.00. The van der Waals surface area contributed by atoms with E-state index >= 15 is 0 Å². The molecular weight excluding hydrogens is 246 g/mol. The highest BCUT2D eigenvalue weighted by Gasteiger charge is 2.18. The van der Waals surface area contributed by atoms with Crippen LogP contribution in [0.1, 0.15) is 24.9 Å². The Hall–Kier alpha value is -1.48. The number of fused-ring (bicyclic) bond motifs is 3. The first-order chi connectivity index (χ1) is 8.78. The number of halogens is 1. The lowest BCUT2D eigenvalue weighted by Crippen LogP contribution is -2.03. The lowest BCUT2D eigenvalue weighted by molar-refractivity contribution is 0.847. The van der Waals surface area contributed by atoms with Crippen LogP contribution in [0, 0.1) is 0 Å². The maximum Gasteiger partial charge on any atom is 0.106 e. The molecule has 0 fully saturated rings. The van der Waals surface area contributed by atoms with Gasteiger partial charge in [0.05, 0.1) is 5.69 Å². The van der Waals surface area contributed by atoms with Crippen molar-refractivity contribution >= 4 is 17.3 Å². The van der Waals surface area contributed by atoms with Gasteiger partial charge in [-0.25, -0.2) is 4.98 Å². The zero-order valence-electron chi connectivity index (χ0n) is 10.4. The van der Waals surface area contributed by atoms with Gasteiger partial charge in [0.2, 0.25) is 0 Å². The molecule has 0 aliphatic carbocycles. The number of aryl methyl sites for hydroxylation is 1. The van der Waals surface area contributed by atoms with E-state index in [1.54, 1.807) is 0 Å². The Bertz CT molecular complexity index is 574. The van der Waals surface area contributed by atoms with Crippen molar-refractivity contribution in [2.24, 2.45) is 0 Å². The number of nitrogens with zero attached hydrogens (tertiary/aromatic N) is 1. The summed E-state index contributed by atoms with van der Waals surface area (Å²) in [7, 11) is 0. The fourth-order valence-corrected chi connectivity index (χ4v) is 2.58. The molecule has 2 heterocycles. The zero-order chi connectivity index (χ0) is 12.5. The third-order valence-corrected chi connectivity index (χ3v) is 3.48. The Balaban J connectivity index is 2.13. The van der Waals surface area contributed by atoms with Gasteiger partial charge in [-0.2, -0.15) is 0 Å². The number of imidazole rings is 1. The van der Waals surface area contributed by atoms with Crippen LogP contribution in [0.4, 0.5) is 5.69 Å². The van der Waals surface area contributed by atoms with Crippen molar-refractivity contribution in [2.45, 2.75) is 26.2 Å². The van der Waals surface area contributed by atoms with E-state index in [1.807, 2.05) is 18.2 Å². The third kappa shape index (κ3) is 1.99. The molecule has 0 unspecified atom stereocenters. The van der Waals surface area contributed by atoms with E-state index in [4.69, 9.17) is 16.6 Å². The quantitative estimate of drug-likeness (QED) is 0.866. The number of H-pyrrole nitrogens is 1. The molecule has 0 saturated heterocycles. The lowest BCUT2D eigenvalue weighted by Gasteiger charge is -2.07. The summed E-state index contributed by atoms with van der Waals surface area (Å²) < 4.78 is 0. The molecule has 0 bridgehead atoms. The summed E-state index contributed by atoms with van der Waals surface area (Å²) in [5.41, 5.74) is 4.49. The summed E-state index contributed by atoms with van der Waals surface area (Å²) in [4.78, 5) is 8.17. The van der Waals surface area contributed by atoms with Crippen molar-refractivity contribution in [2.75, 3.05) is 11.9 Å². The van der Waals surface area contributed by atoms with Crippen LogP contribution >= 0.6 is 11.6 Å². The summed E-state index contributed by atoms with van der Waals surface area (Å²) in [6.07, 6.45) is 3.07. The molecule has 1 aliphatic rings. The highest BCUT2D eigenvalue weighted by Crippen LogP contribution is 2.34. The molecule has 0 radical (unpaired) electrons. The number of hydrogen-bond donors (Lipinski definition) is 2. The fourth-order valence-electron chi connectivity index (χ4n) is 2.41. The highest BCUT2D eigenvalue weighted by molar-refractivity contribution is 6.31. The van der Waals surface area contributed by atoms with Crippen LogP contribution in [-0.4, -0.2) is 16.5 Å². The van der Waals surface area contributed by atoms with Gasteiger partial charge in [-0.15, -0.1) is 0 Å². The summed E-state index contributed by atoms with van der Waals surface area (Å²) in [5, 5.41) is 4.17. The monoisotopic (exact) mass is 261 g/mol. The van der Waals surface area contributed by atoms with Crippen molar-refractivity contribution in [3.63, 3.8) is 0 Å². The average molecular weight is 262 g/mol. The number of anilines is 1. The van der Waals surface area contributed by atoms with E-state index < -0.39 is 0 Å². The molecule has 4 heteroatoms. The minimum atomic E-state index is 0.753. The molecule has 2 N–H and O–H groups in total. The minimum Gasteiger partial charge on any atom is -0.384 e. The SMILES string of the molecule is CCCc1nc2c([nH]1)CCNc1ccc(Cl)cc1-2. The predicted octanol–water partition coefficient (Wildman–Crippen LogP) is 3.65. The molecule has 0 amide bonds. The van der Waals surface area contributed by atoms with Gasteiger partial charge in [-0.05, 0) is 24.6 Å². The van der Waals surface area contributed by atoms with Gasteiger partial charge < -0.3 is 10.3 Å². The van der Waals surface area contributed by atoms with Crippen LogP contribution in [0.3, 0.4) is 0 Å². The van der Waals surface area contributed by atoms with E-state index in [9.17, 15) is 0 Å². The van der Waals surface area contributed by atoms with Crippen molar-refractivity contribution in [1.82, 2.24) is 9.97 Å². The van der Waals surface area contributed by atoms with E-state index in [2.05, 4.69) is 17.2 Å². The van der Waals surface area contributed by atoms with Gasteiger partial charge in [0.25, 0.3) is 0 Å². The van der Waals surface area contributed by atoms with Gasteiger partial charge in [0.15, 0.2) is 0 Å². The van der Waals surface area contributed by atoms with Crippen LogP contribution in [0.2, 0.25) is 5.02 Å². The molecule has 0 saturated carbocycles. The van der Waals surface area contributed by atoms with Crippen molar-refractivity contribution in [1.29, 1.82) is 0 Å². The van der Waals surface area contributed by atoms with Crippen molar-refractivity contribution in [3.8, 4) is 11.3 Å². The first kappa shape index (κ1) is 11.6. The average Bonchev–Trinajstić information content (AvgIpc) is 2.67. The van der Waals surface area contributed by atoms with Crippen LogP contribution in [-0.2, 0) is 12.8 Å². The molecule has 94 valence electrons. The molecule has 18 heavy (non-hydrogen) atoms. The largest absolute Gasteiger partial charge is 0.384 e. The van der Waals surface area contributed by atoms with Crippen LogP contribution < -0.4 is 5.32 Å². The Morgan fingerprint density at radius 3 is 3.11 bits per heavy atom. The number of aromatic nitrogens is 2. The fraction of sp³-hybridized carbons (Fsp3) is 0.357. The second kappa shape index (κ2) is 4.65. The number of benzene rings is 1. The summed E-state index contributed by atoms with van der Waals surface area (Å²) in [5.74, 6) is 1.08. The Morgan fingerprint density at radius 2 is 2.28 bits per heavy atom. The van der Waals surface area contributed by atoms with E-state index in [-0.39, 0.29) is 0 Å². The first-order valence-electron chi connectivity index (χ1n) is 6.39. The molecule has 3 nitrogen and oxygen atoms in total. The van der Waals surface area contributed by atoms with Gasteiger partial charge in [-0.1, -0.05) is 18.5 Å². The van der Waals surface area contributed by atoms with E-state index in [0.717, 1.165) is 53.6 Å².